The highest BCUT2D eigenvalue weighted by molar-refractivity contribution is 5.73. The van der Waals surface area contributed by atoms with Crippen molar-refractivity contribution >= 4 is 5.97 Å². The Labute approximate surface area is 469 Å². The van der Waals surface area contributed by atoms with Gasteiger partial charge < -0.3 is 52.5 Å². The van der Waals surface area contributed by atoms with Crippen LogP contribution in [-0.2, 0) is 105 Å². The Morgan fingerprint density at radius 3 is 1.10 bits per heavy atom. The summed E-state index contributed by atoms with van der Waals surface area (Å²) in [5.41, 5.74) is 7.13. The van der Waals surface area contributed by atoms with E-state index < -0.39 is 61.1 Å². The summed E-state index contributed by atoms with van der Waals surface area (Å²) in [6.07, 6.45) is -9.84. The second-order valence-electron chi connectivity index (χ2n) is 19.6. The molecule has 9 atom stereocenters. The first-order chi connectivity index (χ1) is 39.5. The normalized spacial score (nSPS) is 18.7. The third-order valence-corrected chi connectivity index (χ3v) is 13.6. The van der Waals surface area contributed by atoms with E-state index in [2.05, 4.69) is 0 Å². The molecule has 0 aromatic heterocycles. The molecule has 1 heterocycles. The maximum absolute atomic E-state index is 13.9. The molecule has 12 heteroatoms. The van der Waals surface area contributed by atoms with Crippen LogP contribution in [0.2, 0.25) is 0 Å². The fourth-order valence-corrected chi connectivity index (χ4v) is 9.48. The molecule has 0 aliphatic carbocycles. The minimum Gasteiger partial charge on any atom is -0.479 e. The maximum Gasteiger partial charge on any atom is 0.335 e. The summed E-state index contributed by atoms with van der Waals surface area (Å²) >= 11 is 0. The highest BCUT2D eigenvalue weighted by atomic mass is 16.7. The highest BCUT2D eigenvalue weighted by Gasteiger charge is 2.52. The SMILES string of the molecule is O=C(O)[C@@H](OCc1ccccc1)[C@@H](OCc1ccccc1)[C@@H](OCc1ccccc1)[C@@H](COCc1ccccc1)O[C@@H]1O[C@H](COCc2ccccc2)[C@@H](OCc2ccccc2)[C@H](OCc2ccccc2)[C@@H]1OCc1ccccc1. The summed E-state index contributed by atoms with van der Waals surface area (Å²) in [4.78, 5) is 13.9. The minimum absolute atomic E-state index is 0.0200. The van der Waals surface area contributed by atoms with Crippen molar-refractivity contribution in [3.8, 4) is 0 Å². The van der Waals surface area contributed by atoms with Crippen LogP contribution in [0, 0.1) is 0 Å². The highest BCUT2D eigenvalue weighted by Crippen LogP contribution is 2.34. The van der Waals surface area contributed by atoms with Gasteiger partial charge in [-0.05, 0) is 44.5 Å². The molecule has 0 radical (unpaired) electrons. The number of benzene rings is 8. The molecule has 12 nitrogen and oxygen atoms in total. The molecule has 0 amide bonds. The summed E-state index contributed by atoms with van der Waals surface area (Å²) in [6, 6.07) is 78.1. The number of aliphatic carboxylic acids is 1. The minimum atomic E-state index is -1.57. The molecule has 0 bridgehead atoms. The Bertz CT molecular complexity index is 2930. The van der Waals surface area contributed by atoms with E-state index in [-0.39, 0.29) is 59.5 Å². The molecule has 8 aromatic carbocycles. The van der Waals surface area contributed by atoms with Gasteiger partial charge in [-0.15, -0.1) is 0 Å². The Morgan fingerprint density at radius 2 is 0.700 bits per heavy atom. The third kappa shape index (κ3) is 17.9. The van der Waals surface area contributed by atoms with Crippen LogP contribution in [0.4, 0.5) is 0 Å². The lowest BCUT2D eigenvalue weighted by Gasteiger charge is -2.47. The molecule has 9 rings (SSSR count). The Morgan fingerprint density at radius 1 is 0.375 bits per heavy atom. The Balaban J connectivity index is 1.15. The van der Waals surface area contributed by atoms with Crippen LogP contribution in [0.25, 0.3) is 0 Å². The van der Waals surface area contributed by atoms with Crippen molar-refractivity contribution in [3.05, 3.63) is 287 Å². The van der Waals surface area contributed by atoms with Crippen LogP contribution in [0.3, 0.4) is 0 Å². The first-order valence-electron chi connectivity index (χ1n) is 27.2. The van der Waals surface area contributed by atoms with E-state index in [0.717, 1.165) is 44.5 Å². The van der Waals surface area contributed by atoms with E-state index in [0.29, 0.717) is 6.61 Å². The topological polar surface area (TPSA) is 130 Å². The van der Waals surface area contributed by atoms with Gasteiger partial charge in [0.2, 0.25) is 0 Å². The zero-order chi connectivity index (χ0) is 54.8. The lowest BCUT2D eigenvalue weighted by molar-refractivity contribution is -0.347. The Kier molecular flexibility index (Phi) is 22.7. The quantitative estimate of drug-likeness (QED) is 0.0431. The predicted octanol–water partition coefficient (Wildman–Crippen LogP) is 12.1. The van der Waals surface area contributed by atoms with E-state index in [1.165, 1.54) is 0 Å². The molecule has 0 spiro atoms. The van der Waals surface area contributed by atoms with Gasteiger partial charge >= 0.3 is 5.97 Å². The summed E-state index contributed by atoms with van der Waals surface area (Å²) in [5.74, 6) is -1.25. The monoisotopic (exact) mass is 1080 g/mol. The number of rotatable bonds is 32. The van der Waals surface area contributed by atoms with Gasteiger partial charge in [-0.2, -0.15) is 0 Å². The van der Waals surface area contributed by atoms with E-state index in [4.69, 9.17) is 47.4 Å². The van der Waals surface area contributed by atoms with Gasteiger partial charge in [-0.25, -0.2) is 4.79 Å². The van der Waals surface area contributed by atoms with Crippen molar-refractivity contribution in [3.63, 3.8) is 0 Å². The van der Waals surface area contributed by atoms with E-state index >= 15 is 0 Å². The second kappa shape index (κ2) is 31.6. The molecule has 1 saturated heterocycles. The van der Waals surface area contributed by atoms with Gasteiger partial charge in [0.15, 0.2) is 12.4 Å². The largest absolute Gasteiger partial charge is 0.479 e. The smallest absolute Gasteiger partial charge is 0.335 e. The molecule has 8 aromatic rings. The van der Waals surface area contributed by atoms with Crippen molar-refractivity contribution in [2.24, 2.45) is 0 Å². The average Bonchev–Trinajstić information content (AvgIpc) is 3.52. The maximum atomic E-state index is 13.9. The van der Waals surface area contributed by atoms with Crippen LogP contribution < -0.4 is 0 Å². The van der Waals surface area contributed by atoms with Gasteiger partial charge in [0.1, 0.15) is 42.7 Å². The van der Waals surface area contributed by atoms with E-state index in [1.54, 1.807) is 0 Å². The van der Waals surface area contributed by atoms with Gasteiger partial charge in [0.05, 0.1) is 66.1 Å². The van der Waals surface area contributed by atoms with Gasteiger partial charge in [0, 0.05) is 0 Å². The summed E-state index contributed by atoms with van der Waals surface area (Å²) in [7, 11) is 0. The van der Waals surface area contributed by atoms with Gasteiger partial charge in [-0.1, -0.05) is 243 Å². The first kappa shape index (κ1) is 57.5. The fraction of sp³-hybridized carbons (Fsp3) is 0.279. The van der Waals surface area contributed by atoms with Crippen LogP contribution in [0.5, 0.6) is 0 Å². The lowest BCUT2D eigenvalue weighted by atomic mass is 9.97. The first-order valence-corrected chi connectivity index (χ1v) is 27.2. The van der Waals surface area contributed by atoms with Crippen LogP contribution >= 0.6 is 0 Å². The molecule has 414 valence electrons. The van der Waals surface area contributed by atoms with Crippen molar-refractivity contribution in [1.82, 2.24) is 0 Å². The summed E-state index contributed by atoms with van der Waals surface area (Å²) in [5, 5.41) is 11.3. The van der Waals surface area contributed by atoms with Crippen molar-refractivity contribution in [2.75, 3.05) is 13.2 Å². The van der Waals surface area contributed by atoms with Crippen LogP contribution in [-0.4, -0.2) is 79.4 Å². The molecular formula is C68H70O12. The van der Waals surface area contributed by atoms with Gasteiger partial charge in [0.25, 0.3) is 0 Å². The van der Waals surface area contributed by atoms with Gasteiger partial charge in [-0.3, -0.25) is 0 Å². The van der Waals surface area contributed by atoms with Crippen molar-refractivity contribution < 1.29 is 57.3 Å². The predicted molar refractivity (Wildman–Crippen MR) is 303 cm³/mol. The van der Waals surface area contributed by atoms with Crippen molar-refractivity contribution in [2.45, 2.75) is 108 Å². The number of hydrogen-bond donors (Lipinski definition) is 1. The number of carboxylic acids is 1. The molecule has 1 fully saturated rings. The second-order valence-corrected chi connectivity index (χ2v) is 19.6. The zero-order valence-corrected chi connectivity index (χ0v) is 44.8. The van der Waals surface area contributed by atoms with E-state index in [9.17, 15) is 9.90 Å². The number of ether oxygens (including phenoxy) is 10. The fourth-order valence-electron chi connectivity index (χ4n) is 9.48. The molecule has 80 heavy (non-hydrogen) atoms. The molecule has 0 saturated carbocycles. The molecule has 1 aliphatic heterocycles. The van der Waals surface area contributed by atoms with E-state index in [1.807, 2.05) is 243 Å². The Hall–Kier alpha value is -7.17. The zero-order valence-electron chi connectivity index (χ0n) is 44.8. The molecule has 0 unspecified atom stereocenters. The third-order valence-electron chi connectivity index (χ3n) is 13.6. The number of carbonyl (C=O) groups is 1. The van der Waals surface area contributed by atoms with Crippen LogP contribution in [0.15, 0.2) is 243 Å². The van der Waals surface area contributed by atoms with Crippen LogP contribution in [0.1, 0.15) is 44.5 Å². The standard InChI is InChI=1S/C68H70O12/c69-67(70)65(77-47-57-37-21-7-22-38-57)63(75-45-55-33-17-5-18-34-55)61(73-43-53-29-13-3-14-30-53)59(49-71-41-51-25-9-1-10-26-51)79-68-66(78-48-58-39-23-8-24-40-58)64(76-46-56-35-19-6-20-36-56)62(74-44-54-31-15-4-16-32-54)60(80-68)50-72-42-52-27-11-2-12-28-52/h1-40,59-66,68H,41-50H2,(H,69,70)/t59-,60-,61+,62-,63+,64+,65+,66+,68-/m1/s1. The molecular weight excluding hydrogens is 1010 g/mol. The number of carboxylic acid groups (broad SMARTS) is 1. The average molecular weight is 1080 g/mol. The molecule has 1 aliphatic rings. The lowest BCUT2D eigenvalue weighted by Crippen LogP contribution is -2.63. The number of hydrogen-bond acceptors (Lipinski definition) is 11. The van der Waals surface area contributed by atoms with Crippen molar-refractivity contribution in [1.29, 1.82) is 0 Å². The molecule has 1 N–H and O–H groups in total. The summed E-state index contributed by atoms with van der Waals surface area (Å²) in [6.45, 7) is 1.08. The summed E-state index contributed by atoms with van der Waals surface area (Å²) < 4.78 is 69.5.